The van der Waals surface area contributed by atoms with Gasteiger partial charge in [-0.15, -0.1) is 0 Å². The molecule has 0 aromatic heterocycles. The number of aryl methyl sites for hydroxylation is 2. The molecule has 0 bridgehead atoms. The summed E-state index contributed by atoms with van der Waals surface area (Å²) >= 11 is 0. The summed E-state index contributed by atoms with van der Waals surface area (Å²) in [5.41, 5.74) is 3.96. The first-order valence-corrected chi connectivity index (χ1v) is 4.58. The third-order valence-electron chi connectivity index (χ3n) is 2.33. The van der Waals surface area contributed by atoms with Gasteiger partial charge in [-0.1, -0.05) is 6.07 Å². The Morgan fingerprint density at radius 2 is 1.92 bits per heavy atom. The van der Waals surface area contributed by atoms with Gasteiger partial charge in [0.05, 0.1) is 6.67 Å². The van der Waals surface area contributed by atoms with Crippen LogP contribution in [-0.2, 0) is 0 Å². The van der Waals surface area contributed by atoms with Crippen molar-refractivity contribution in [3.8, 4) is 0 Å². The molecule has 0 unspecified atom stereocenters. The number of nitrogens with zero attached hydrogens (tertiary/aromatic N) is 1. The van der Waals surface area contributed by atoms with Gasteiger partial charge in [0, 0.05) is 12.7 Å². The van der Waals surface area contributed by atoms with Gasteiger partial charge in [0.2, 0.25) is 0 Å². The van der Waals surface area contributed by atoms with Crippen molar-refractivity contribution in [1.82, 2.24) is 5.32 Å². The maximum atomic E-state index is 3.13. The van der Waals surface area contributed by atoms with Gasteiger partial charge < -0.3 is 10.2 Å². The van der Waals surface area contributed by atoms with Gasteiger partial charge in [0.15, 0.2) is 0 Å². The highest BCUT2D eigenvalue weighted by Crippen LogP contribution is 2.16. The molecule has 0 fully saturated rings. The van der Waals surface area contributed by atoms with E-state index in [2.05, 4.69) is 49.3 Å². The molecule has 0 radical (unpaired) electrons. The smallest absolute Gasteiger partial charge is 0.0676 e. The molecule has 2 heteroatoms. The number of hydrogen-bond acceptors (Lipinski definition) is 2. The van der Waals surface area contributed by atoms with Crippen molar-refractivity contribution in [1.29, 1.82) is 0 Å². The van der Waals surface area contributed by atoms with Crippen molar-refractivity contribution in [2.24, 2.45) is 0 Å². The highest BCUT2D eigenvalue weighted by atomic mass is 15.2. The van der Waals surface area contributed by atoms with Crippen LogP contribution in [0.2, 0.25) is 0 Å². The fourth-order valence-electron chi connectivity index (χ4n) is 1.29. The first-order valence-electron chi connectivity index (χ1n) is 4.58. The van der Waals surface area contributed by atoms with E-state index < -0.39 is 0 Å². The molecule has 0 heterocycles. The molecule has 13 heavy (non-hydrogen) atoms. The summed E-state index contributed by atoms with van der Waals surface area (Å²) in [7, 11) is 4.04. The molecule has 72 valence electrons. The van der Waals surface area contributed by atoms with Gasteiger partial charge in [-0.2, -0.15) is 0 Å². The van der Waals surface area contributed by atoms with Gasteiger partial charge in [-0.3, -0.25) is 0 Å². The standard InChI is InChI=1S/C11H18N2/c1-9-5-6-11(7-10(9)2)13(4)8-12-3/h5-7,12H,8H2,1-4H3. The molecule has 1 aromatic carbocycles. The van der Waals surface area contributed by atoms with E-state index in [0.717, 1.165) is 6.67 Å². The Morgan fingerprint density at radius 1 is 1.23 bits per heavy atom. The predicted octanol–water partition coefficient (Wildman–Crippen LogP) is 1.92. The lowest BCUT2D eigenvalue weighted by molar-refractivity contribution is 0.776. The number of benzene rings is 1. The molecule has 0 aliphatic heterocycles. The first kappa shape index (κ1) is 10.1. The molecular formula is C11H18N2. The minimum absolute atomic E-state index is 0.877. The highest BCUT2D eigenvalue weighted by molar-refractivity contribution is 5.49. The van der Waals surface area contributed by atoms with Gasteiger partial charge in [0.1, 0.15) is 0 Å². The lowest BCUT2D eigenvalue weighted by atomic mass is 10.1. The summed E-state index contributed by atoms with van der Waals surface area (Å²) in [6.07, 6.45) is 0. The molecule has 1 aromatic rings. The minimum Gasteiger partial charge on any atom is -0.362 e. The number of rotatable bonds is 3. The third kappa shape index (κ3) is 2.46. The van der Waals surface area contributed by atoms with Crippen molar-refractivity contribution >= 4 is 5.69 Å². The molecule has 2 nitrogen and oxygen atoms in total. The van der Waals surface area contributed by atoms with Crippen LogP contribution in [0.25, 0.3) is 0 Å². The first-order chi connectivity index (χ1) is 6.15. The molecule has 1 rings (SSSR count). The zero-order valence-electron chi connectivity index (χ0n) is 8.89. The van der Waals surface area contributed by atoms with Crippen molar-refractivity contribution in [2.45, 2.75) is 13.8 Å². The van der Waals surface area contributed by atoms with Crippen LogP contribution >= 0.6 is 0 Å². The van der Waals surface area contributed by atoms with E-state index >= 15 is 0 Å². The third-order valence-corrected chi connectivity index (χ3v) is 2.33. The average molecular weight is 178 g/mol. The monoisotopic (exact) mass is 178 g/mol. The second-order valence-corrected chi connectivity index (χ2v) is 3.48. The highest BCUT2D eigenvalue weighted by Gasteiger charge is 2.00. The zero-order chi connectivity index (χ0) is 9.84. The van der Waals surface area contributed by atoms with E-state index in [1.165, 1.54) is 16.8 Å². The molecule has 0 amide bonds. The van der Waals surface area contributed by atoms with E-state index in [0.29, 0.717) is 0 Å². The molecular weight excluding hydrogens is 160 g/mol. The van der Waals surface area contributed by atoms with Crippen LogP contribution in [0.4, 0.5) is 5.69 Å². The molecule has 0 aliphatic carbocycles. The maximum absolute atomic E-state index is 3.13. The number of hydrogen-bond donors (Lipinski definition) is 1. The number of nitrogens with one attached hydrogen (secondary N) is 1. The van der Waals surface area contributed by atoms with E-state index in [1.807, 2.05) is 7.05 Å². The predicted molar refractivity (Wildman–Crippen MR) is 58.2 cm³/mol. The van der Waals surface area contributed by atoms with Crippen LogP contribution in [0.1, 0.15) is 11.1 Å². The Hall–Kier alpha value is -1.02. The van der Waals surface area contributed by atoms with Gasteiger partial charge in [0.25, 0.3) is 0 Å². The zero-order valence-corrected chi connectivity index (χ0v) is 8.89. The second-order valence-electron chi connectivity index (χ2n) is 3.48. The van der Waals surface area contributed by atoms with Crippen molar-refractivity contribution in [3.63, 3.8) is 0 Å². The number of anilines is 1. The Morgan fingerprint density at radius 3 is 2.46 bits per heavy atom. The van der Waals surface area contributed by atoms with Crippen molar-refractivity contribution < 1.29 is 0 Å². The summed E-state index contributed by atoms with van der Waals surface area (Å²) in [5.74, 6) is 0. The van der Waals surface area contributed by atoms with Crippen LogP contribution in [0.5, 0.6) is 0 Å². The van der Waals surface area contributed by atoms with Gasteiger partial charge >= 0.3 is 0 Å². The maximum Gasteiger partial charge on any atom is 0.0676 e. The Bertz CT molecular complexity index is 281. The quantitative estimate of drug-likeness (QED) is 0.711. The summed E-state index contributed by atoms with van der Waals surface area (Å²) in [5, 5.41) is 3.13. The SMILES string of the molecule is CNCN(C)c1ccc(C)c(C)c1. The molecule has 0 atom stereocenters. The lowest BCUT2D eigenvalue weighted by Gasteiger charge is -2.19. The van der Waals surface area contributed by atoms with Crippen LogP contribution in [0.15, 0.2) is 18.2 Å². The van der Waals surface area contributed by atoms with Gasteiger partial charge in [-0.25, -0.2) is 0 Å². The second kappa shape index (κ2) is 4.28. The van der Waals surface area contributed by atoms with Crippen LogP contribution in [0.3, 0.4) is 0 Å². The Kier molecular flexibility index (Phi) is 3.32. The molecule has 0 saturated heterocycles. The average Bonchev–Trinajstić information content (AvgIpc) is 2.10. The van der Waals surface area contributed by atoms with Crippen molar-refractivity contribution in [3.05, 3.63) is 29.3 Å². The summed E-state index contributed by atoms with van der Waals surface area (Å²) in [4.78, 5) is 2.19. The summed E-state index contributed by atoms with van der Waals surface area (Å²) < 4.78 is 0. The normalized spacial score (nSPS) is 10.2. The van der Waals surface area contributed by atoms with E-state index in [9.17, 15) is 0 Å². The fraction of sp³-hybridized carbons (Fsp3) is 0.455. The molecule has 1 N–H and O–H groups in total. The molecule has 0 aliphatic rings. The summed E-state index contributed by atoms with van der Waals surface area (Å²) in [6, 6.07) is 6.53. The van der Waals surface area contributed by atoms with Gasteiger partial charge in [-0.05, 0) is 44.2 Å². The van der Waals surface area contributed by atoms with E-state index in [4.69, 9.17) is 0 Å². The van der Waals surface area contributed by atoms with Crippen LogP contribution in [-0.4, -0.2) is 20.8 Å². The van der Waals surface area contributed by atoms with E-state index in [-0.39, 0.29) is 0 Å². The molecule has 0 spiro atoms. The minimum atomic E-state index is 0.877. The Labute approximate surface area is 80.6 Å². The fourth-order valence-corrected chi connectivity index (χ4v) is 1.29. The van der Waals surface area contributed by atoms with Crippen LogP contribution in [0, 0.1) is 13.8 Å². The van der Waals surface area contributed by atoms with Crippen LogP contribution < -0.4 is 10.2 Å². The Balaban J connectivity index is 2.84. The molecule has 0 saturated carbocycles. The largest absolute Gasteiger partial charge is 0.362 e. The topological polar surface area (TPSA) is 15.3 Å². The van der Waals surface area contributed by atoms with E-state index in [1.54, 1.807) is 0 Å². The van der Waals surface area contributed by atoms with Crippen molar-refractivity contribution in [2.75, 3.05) is 25.7 Å². The summed E-state index contributed by atoms with van der Waals surface area (Å²) in [6.45, 7) is 5.16. The lowest BCUT2D eigenvalue weighted by Crippen LogP contribution is -2.28.